The molecule has 0 aliphatic rings. The third-order valence-corrected chi connectivity index (χ3v) is 3.03. The molecule has 0 aliphatic carbocycles. The van der Waals surface area contributed by atoms with Gasteiger partial charge in [-0.1, -0.05) is 26.7 Å². The van der Waals surface area contributed by atoms with Crippen LogP contribution in [0.25, 0.3) is 0 Å². The fraction of sp³-hybridized carbons (Fsp3) is 0.600. The Bertz CT molecular complexity index is 369. The molecule has 1 heterocycles. The van der Waals surface area contributed by atoms with Crippen molar-refractivity contribution in [3.8, 4) is 0 Å². The van der Waals surface area contributed by atoms with Crippen molar-refractivity contribution in [2.45, 2.75) is 46.5 Å². The highest BCUT2D eigenvalue weighted by Crippen LogP contribution is 2.19. The van der Waals surface area contributed by atoms with Crippen molar-refractivity contribution < 1.29 is 4.79 Å². The van der Waals surface area contributed by atoms with Crippen molar-refractivity contribution in [2.75, 3.05) is 18.0 Å². The second kappa shape index (κ2) is 7.85. The fourth-order valence-electron chi connectivity index (χ4n) is 1.95. The molecule has 0 N–H and O–H groups in total. The summed E-state index contributed by atoms with van der Waals surface area (Å²) in [4.78, 5) is 18.3. The van der Waals surface area contributed by atoms with E-state index in [4.69, 9.17) is 0 Å². The molecule has 1 aromatic heterocycles. The molecule has 3 heteroatoms. The van der Waals surface area contributed by atoms with Gasteiger partial charge in [0, 0.05) is 19.3 Å². The predicted octanol–water partition coefficient (Wildman–Crippen LogP) is 3.69. The van der Waals surface area contributed by atoms with Crippen molar-refractivity contribution in [3.05, 3.63) is 23.9 Å². The largest absolute Gasteiger partial charge is 0.356 e. The van der Waals surface area contributed by atoms with E-state index in [-0.39, 0.29) is 5.78 Å². The van der Waals surface area contributed by atoms with Crippen molar-refractivity contribution >= 4 is 11.6 Å². The number of carbonyl (C=O) groups is 1. The lowest BCUT2D eigenvalue weighted by atomic mass is 10.1. The Kier molecular flexibility index (Phi) is 6.40. The zero-order valence-corrected chi connectivity index (χ0v) is 11.8. The van der Waals surface area contributed by atoms with Crippen molar-refractivity contribution in [1.82, 2.24) is 4.98 Å². The molecule has 0 spiro atoms. The fourth-order valence-corrected chi connectivity index (χ4v) is 1.95. The van der Waals surface area contributed by atoms with Crippen LogP contribution in [0.1, 0.15) is 56.8 Å². The summed E-state index contributed by atoms with van der Waals surface area (Å²) in [6, 6.07) is 3.70. The first-order valence-electron chi connectivity index (χ1n) is 6.91. The van der Waals surface area contributed by atoms with Crippen LogP contribution in [-0.4, -0.2) is 23.9 Å². The van der Waals surface area contributed by atoms with Gasteiger partial charge in [-0.3, -0.25) is 4.79 Å². The zero-order valence-electron chi connectivity index (χ0n) is 11.8. The van der Waals surface area contributed by atoms with Crippen LogP contribution in [0.4, 0.5) is 5.82 Å². The molecule has 100 valence electrons. The van der Waals surface area contributed by atoms with E-state index in [1.54, 1.807) is 13.1 Å². The lowest BCUT2D eigenvalue weighted by molar-refractivity contribution is 0.101. The van der Waals surface area contributed by atoms with Gasteiger partial charge in [0.2, 0.25) is 0 Å². The molecule has 0 fully saturated rings. The van der Waals surface area contributed by atoms with E-state index < -0.39 is 0 Å². The smallest absolute Gasteiger partial charge is 0.163 e. The summed E-state index contributed by atoms with van der Waals surface area (Å²) in [6.07, 6.45) is 6.36. The predicted molar refractivity (Wildman–Crippen MR) is 76.3 cm³/mol. The summed E-state index contributed by atoms with van der Waals surface area (Å²) in [5.41, 5.74) is 0.740. The first kappa shape index (κ1) is 14.7. The highest BCUT2D eigenvalue weighted by Gasteiger charge is 2.14. The van der Waals surface area contributed by atoms with Crippen LogP contribution in [0, 0.1) is 0 Å². The van der Waals surface area contributed by atoms with E-state index in [9.17, 15) is 4.79 Å². The molecule has 0 unspecified atom stereocenters. The molecule has 1 rings (SSSR count). The van der Waals surface area contributed by atoms with Gasteiger partial charge in [-0.15, -0.1) is 0 Å². The summed E-state index contributed by atoms with van der Waals surface area (Å²) < 4.78 is 0. The molecular formula is C15H24N2O. The Hall–Kier alpha value is -1.38. The van der Waals surface area contributed by atoms with Gasteiger partial charge in [-0.25, -0.2) is 4.98 Å². The van der Waals surface area contributed by atoms with E-state index in [0.717, 1.165) is 50.2 Å². The van der Waals surface area contributed by atoms with Gasteiger partial charge < -0.3 is 4.90 Å². The zero-order chi connectivity index (χ0) is 13.4. The van der Waals surface area contributed by atoms with Crippen LogP contribution in [0.5, 0.6) is 0 Å². The Balaban J connectivity index is 2.92. The summed E-state index contributed by atoms with van der Waals surface area (Å²) in [5, 5.41) is 0. The van der Waals surface area contributed by atoms with E-state index in [1.807, 2.05) is 12.1 Å². The van der Waals surface area contributed by atoms with Crippen molar-refractivity contribution in [3.63, 3.8) is 0 Å². The van der Waals surface area contributed by atoms with Gasteiger partial charge in [-0.05, 0) is 31.9 Å². The molecule has 0 saturated carbocycles. The number of rotatable bonds is 8. The number of aromatic nitrogens is 1. The molecule has 18 heavy (non-hydrogen) atoms. The molecule has 0 saturated heterocycles. The summed E-state index contributed by atoms with van der Waals surface area (Å²) >= 11 is 0. The van der Waals surface area contributed by atoms with Crippen molar-refractivity contribution in [1.29, 1.82) is 0 Å². The average molecular weight is 248 g/mol. The van der Waals surface area contributed by atoms with Gasteiger partial charge in [0.1, 0.15) is 5.82 Å². The summed E-state index contributed by atoms with van der Waals surface area (Å²) in [5.74, 6) is 0.947. The first-order valence-corrected chi connectivity index (χ1v) is 6.91. The minimum atomic E-state index is 0.0936. The number of carbonyl (C=O) groups excluding carboxylic acids is 1. The van der Waals surface area contributed by atoms with Gasteiger partial charge >= 0.3 is 0 Å². The maximum atomic E-state index is 11.7. The number of pyridine rings is 1. The molecule has 1 aromatic rings. The highest BCUT2D eigenvalue weighted by molar-refractivity contribution is 5.98. The van der Waals surface area contributed by atoms with Crippen LogP contribution < -0.4 is 4.90 Å². The standard InChI is InChI=1S/C15H24N2O/c1-4-6-11-17(12-7-5-2)15-14(13(3)18)9-8-10-16-15/h8-10H,4-7,11-12H2,1-3H3. The van der Waals surface area contributed by atoms with E-state index in [2.05, 4.69) is 23.7 Å². The molecule has 0 amide bonds. The molecular weight excluding hydrogens is 224 g/mol. The maximum absolute atomic E-state index is 11.7. The topological polar surface area (TPSA) is 33.2 Å². The monoisotopic (exact) mass is 248 g/mol. The van der Waals surface area contributed by atoms with Gasteiger partial charge in [0.05, 0.1) is 5.56 Å². The first-order chi connectivity index (χ1) is 8.70. The van der Waals surface area contributed by atoms with E-state index in [0.29, 0.717) is 0 Å². The van der Waals surface area contributed by atoms with Crippen LogP contribution in [-0.2, 0) is 0 Å². The second-order valence-corrected chi connectivity index (χ2v) is 4.62. The third kappa shape index (κ3) is 4.13. The van der Waals surface area contributed by atoms with Crippen LogP contribution in [0.3, 0.4) is 0 Å². The SMILES string of the molecule is CCCCN(CCCC)c1ncccc1C(C)=O. The van der Waals surface area contributed by atoms with Crippen LogP contribution in [0.15, 0.2) is 18.3 Å². The lowest BCUT2D eigenvalue weighted by Crippen LogP contribution is -2.28. The number of hydrogen-bond donors (Lipinski definition) is 0. The number of nitrogens with zero attached hydrogens (tertiary/aromatic N) is 2. The second-order valence-electron chi connectivity index (χ2n) is 4.62. The van der Waals surface area contributed by atoms with Gasteiger partial charge in [0.15, 0.2) is 5.78 Å². The van der Waals surface area contributed by atoms with Crippen LogP contribution >= 0.6 is 0 Å². The number of unbranched alkanes of at least 4 members (excludes halogenated alkanes) is 2. The Labute approximate surface area is 110 Å². The van der Waals surface area contributed by atoms with Gasteiger partial charge in [-0.2, -0.15) is 0 Å². The number of Topliss-reactive ketones (excluding diaryl/α,β-unsaturated/α-hetero) is 1. The lowest BCUT2D eigenvalue weighted by Gasteiger charge is -2.25. The normalized spacial score (nSPS) is 10.4. The number of ketones is 1. The summed E-state index contributed by atoms with van der Waals surface area (Å²) in [6.45, 7) is 7.94. The quantitative estimate of drug-likeness (QED) is 0.658. The third-order valence-electron chi connectivity index (χ3n) is 3.03. The molecule has 0 aliphatic heterocycles. The Morgan fingerprint density at radius 1 is 1.22 bits per heavy atom. The molecule has 0 bridgehead atoms. The minimum Gasteiger partial charge on any atom is -0.356 e. The Morgan fingerprint density at radius 2 is 1.83 bits per heavy atom. The van der Waals surface area contributed by atoms with Crippen LogP contribution in [0.2, 0.25) is 0 Å². The van der Waals surface area contributed by atoms with Gasteiger partial charge in [0.25, 0.3) is 0 Å². The van der Waals surface area contributed by atoms with E-state index >= 15 is 0 Å². The van der Waals surface area contributed by atoms with E-state index in [1.165, 1.54) is 0 Å². The average Bonchev–Trinajstić information content (AvgIpc) is 2.39. The maximum Gasteiger partial charge on any atom is 0.163 e. The number of hydrogen-bond acceptors (Lipinski definition) is 3. The minimum absolute atomic E-state index is 0.0936. The summed E-state index contributed by atoms with van der Waals surface area (Å²) in [7, 11) is 0. The van der Waals surface area contributed by atoms with Crippen molar-refractivity contribution in [2.24, 2.45) is 0 Å². The Morgan fingerprint density at radius 3 is 2.33 bits per heavy atom. The highest BCUT2D eigenvalue weighted by atomic mass is 16.1. The molecule has 0 atom stereocenters. The molecule has 0 radical (unpaired) electrons. The molecule has 3 nitrogen and oxygen atoms in total. The number of anilines is 1. The molecule has 0 aromatic carbocycles.